The van der Waals surface area contributed by atoms with Gasteiger partial charge in [0.2, 0.25) is 5.95 Å². The van der Waals surface area contributed by atoms with E-state index in [-0.39, 0.29) is 11.8 Å². The van der Waals surface area contributed by atoms with Crippen molar-refractivity contribution in [3.63, 3.8) is 0 Å². The molecular formula is C48H43N5O2P2. The van der Waals surface area contributed by atoms with Gasteiger partial charge in [-0.3, -0.25) is 4.57 Å². The van der Waals surface area contributed by atoms with E-state index in [9.17, 15) is 0 Å². The first kappa shape index (κ1) is 36.0. The van der Waals surface area contributed by atoms with E-state index in [2.05, 4.69) is 95.6 Å². The van der Waals surface area contributed by atoms with Crippen LogP contribution in [0.15, 0.2) is 140 Å². The topological polar surface area (TPSA) is 88.9 Å². The molecule has 57 heavy (non-hydrogen) atoms. The van der Waals surface area contributed by atoms with Gasteiger partial charge in [-0.15, -0.1) is 0 Å². The summed E-state index contributed by atoms with van der Waals surface area (Å²) >= 11 is 0. The third-order valence-electron chi connectivity index (χ3n) is 12.3. The maximum Gasteiger partial charge on any atom is 0.234 e. The largest absolute Gasteiger partial charge is 0.319 e. The zero-order chi connectivity index (χ0) is 39.1. The molecule has 2 heterocycles. The quantitative estimate of drug-likeness (QED) is 0.144. The van der Waals surface area contributed by atoms with Crippen molar-refractivity contribution in [2.75, 3.05) is 40.5 Å². The number of likely N-dealkylation sites (N-methyl/N-ethyl adjacent to an activating group) is 2. The lowest BCUT2D eigenvalue weighted by Gasteiger charge is -2.18. The van der Waals surface area contributed by atoms with Crippen molar-refractivity contribution < 1.29 is 9.13 Å². The molecule has 10 rings (SSSR count). The molecule has 0 aliphatic heterocycles. The number of rotatable bonds is 9. The van der Waals surface area contributed by atoms with Crippen molar-refractivity contribution in [1.82, 2.24) is 25.2 Å². The molecule has 2 aromatic heterocycles. The number of hydrogen-bond donors (Lipinski definition) is 2. The SMILES string of the molecule is CNCC1c2ccccc2-c2ccc(P(C)(=O)c3ccc4c5ccc(P(C)(=O)c6ccc7c(c6)C(CNC)c6ccccc6-7)cc5n(-c5ncccn5)c4c3)cc21. The van der Waals surface area contributed by atoms with Crippen LogP contribution in [0.5, 0.6) is 0 Å². The second kappa shape index (κ2) is 13.6. The number of nitrogens with one attached hydrogen (secondary N) is 2. The molecule has 0 spiro atoms. The van der Waals surface area contributed by atoms with Crippen LogP contribution in [0.25, 0.3) is 50.0 Å². The van der Waals surface area contributed by atoms with Crippen molar-refractivity contribution in [3.8, 4) is 28.2 Å². The van der Waals surface area contributed by atoms with Crippen LogP contribution in [-0.4, -0.2) is 55.0 Å². The Hall–Kier alpha value is -5.42. The van der Waals surface area contributed by atoms with E-state index in [4.69, 9.17) is 9.97 Å². The summed E-state index contributed by atoms with van der Waals surface area (Å²) in [5, 5.41) is 11.9. The highest BCUT2D eigenvalue weighted by atomic mass is 31.2. The summed E-state index contributed by atoms with van der Waals surface area (Å²) in [6, 6.07) is 43.9. The van der Waals surface area contributed by atoms with Gasteiger partial charge < -0.3 is 19.8 Å². The van der Waals surface area contributed by atoms with E-state index < -0.39 is 14.3 Å². The lowest BCUT2D eigenvalue weighted by atomic mass is 9.97. The first-order chi connectivity index (χ1) is 27.7. The Morgan fingerprint density at radius 2 is 0.912 bits per heavy atom. The van der Waals surface area contributed by atoms with E-state index in [1.54, 1.807) is 18.5 Å². The van der Waals surface area contributed by atoms with E-state index in [1.807, 2.05) is 68.4 Å². The smallest absolute Gasteiger partial charge is 0.234 e. The van der Waals surface area contributed by atoms with Crippen LogP contribution in [0, 0.1) is 0 Å². The fraction of sp³-hybridized carbons (Fsp3) is 0.167. The summed E-state index contributed by atoms with van der Waals surface area (Å²) in [5.74, 6) is 0.875. The fourth-order valence-corrected chi connectivity index (χ4v) is 13.0. The average molecular weight is 784 g/mol. The molecule has 0 bridgehead atoms. The van der Waals surface area contributed by atoms with Gasteiger partial charge >= 0.3 is 0 Å². The molecule has 0 fully saturated rings. The highest BCUT2D eigenvalue weighted by molar-refractivity contribution is 7.78. The molecule has 2 aliphatic rings. The Labute approximate surface area is 333 Å². The Kier molecular flexibility index (Phi) is 8.59. The molecule has 4 atom stereocenters. The summed E-state index contributed by atoms with van der Waals surface area (Å²) in [7, 11) is -2.17. The van der Waals surface area contributed by atoms with Gasteiger partial charge in [0.05, 0.1) is 11.0 Å². The fourth-order valence-electron chi connectivity index (χ4n) is 9.42. The molecule has 282 valence electrons. The third-order valence-corrected chi connectivity index (χ3v) is 17.4. The van der Waals surface area contributed by atoms with Crippen molar-refractivity contribution in [2.45, 2.75) is 11.8 Å². The molecule has 9 heteroatoms. The monoisotopic (exact) mass is 783 g/mol. The number of fused-ring (bicyclic) bond motifs is 9. The Balaban J connectivity index is 1.09. The van der Waals surface area contributed by atoms with Crippen LogP contribution in [0.4, 0.5) is 0 Å². The van der Waals surface area contributed by atoms with Gasteiger partial charge in [-0.1, -0.05) is 97.1 Å². The Morgan fingerprint density at radius 1 is 0.509 bits per heavy atom. The van der Waals surface area contributed by atoms with Gasteiger partial charge in [0, 0.05) is 69.3 Å². The molecule has 6 aromatic carbocycles. The predicted molar refractivity (Wildman–Crippen MR) is 237 cm³/mol. The summed E-state index contributed by atoms with van der Waals surface area (Å²) < 4.78 is 32.3. The van der Waals surface area contributed by atoms with E-state index >= 15 is 9.13 Å². The minimum Gasteiger partial charge on any atom is -0.319 e. The maximum atomic E-state index is 15.1. The van der Waals surface area contributed by atoms with E-state index in [1.165, 1.54) is 44.5 Å². The van der Waals surface area contributed by atoms with Gasteiger partial charge in [-0.05, 0) is 102 Å². The highest BCUT2D eigenvalue weighted by Crippen LogP contribution is 2.49. The number of nitrogens with zero attached hydrogens (tertiary/aromatic N) is 3. The molecule has 4 unspecified atom stereocenters. The normalized spacial score (nSPS) is 17.5. The zero-order valence-corrected chi connectivity index (χ0v) is 34.2. The summed E-state index contributed by atoms with van der Waals surface area (Å²) in [6.07, 6.45) is 3.47. The lowest BCUT2D eigenvalue weighted by molar-refractivity contribution is 0.589. The van der Waals surface area contributed by atoms with Crippen molar-refractivity contribution >= 4 is 57.3 Å². The summed E-state index contributed by atoms with van der Waals surface area (Å²) in [6.45, 7) is 5.35. The third kappa shape index (κ3) is 5.56. The summed E-state index contributed by atoms with van der Waals surface area (Å²) in [4.78, 5) is 9.39. The van der Waals surface area contributed by atoms with E-state index in [0.29, 0.717) is 5.95 Å². The van der Waals surface area contributed by atoms with Crippen LogP contribution < -0.4 is 31.9 Å². The van der Waals surface area contributed by atoms with Gasteiger partial charge in [0.15, 0.2) is 0 Å². The predicted octanol–water partition coefficient (Wildman–Crippen LogP) is 8.12. The van der Waals surface area contributed by atoms with Crippen LogP contribution in [0.3, 0.4) is 0 Å². The van der Waals surface area contributed by atoms with Gasteiger partial charge in [0.25, 0.3) is 0 Å². The minimum atomic E-state index is -3.07. The molecule has 8 aromatic rings. The Morgan fingerprint density at radius 3 is 1.37 bits per heavy atom. The molecule has 7 nitrogen and oxygen atoms in total. The Bertz CT molecular complexity index is 2830. The van der Waals surface area contributed by atoms with Crippen molar-refractivity contribution in [2.24, 2.45) is 0 Å². The molecule has 0 amide bonds. The standard InChI is InChI=1S/C48H43N5O2P2/c1-49-28-44-36-12-7-5-10-34(36)38-18-14-30(24-42(38)44)56(3,54)32-16-20-40-41-21-17-33(27-47(41)53(46(40)26-32)48-51-22-9-23-52-48)57(4,55)31-15-19-39-35-11-6-8-13-37(35)45(29-50-2)43(39)25-31/h5-27,44-45,49-50H,28-29H2,1-4H3. The molecule has 2 N–H and O–H groups in total. The van der Waals surface area contributed by atoms with Crippen LogP contribution in [0.1, 0.15) is 34.1 Å². The second-order valence-corrected chi connectivity index (χ2v) is 21.3. The maximum absolute atomic E-state index is 15.1. The van der Waals surface area contributed by atoms with Gasteiger partial charge in [-0.2, -0.15) is 0 Å². The lowest BCUT2D eigenvalue weighted by Crippen LogP contribution is -2.19. The van der Waals surface area contributed by atoms with Crippen molar-refractivity contribution in [3.05, 3.63) is 162 Å². The van der Waals surface area contributed by atoms with Crippen molar-refractivity contribution in [1.29, 1.82) is 0 Å². The first-order valence-electron chi connectivity index (χ1n) is 19.5. The van der Waals surface area contributed by atoms with Crippen LogP contribution >= 0.6 is 14.3 Å². The highest BCUT2D eigenvalue weighted by Gasteiger charge is 2.33. The molecule has 0 saturated heterocycles. The summed E-state index contributed by atoms with van der Waals surface area (Å²) in [5.41, 5.74) is 11.6. The van der Waals surface area contributed by atoms with E-state index in [0.717, 1.165) is 56.1 Å². The molecule has 2 aliphatic carbocycles. The van der Waals surface area contributed by atoms with Crippen LogP contribution in [-0.2, 0) is 9.13 Å². The molecular weight excluding hydrogens is 741 g/mol. The molecule has 0 saturated carbocycles. The number of aromatic nitrogens is 3. The number of benzene rings is 6. The average Bonchev–Trinajstić information content (AvgIpc) is 3.86. The molecule has 0 radical (unpaired) electrons. The first-order valence-corrected chi connectivity index (χ1v) is 23.8. The minimum absolute atomic E-state index is 0.188. The van der Waals surface area contributed by atoms with Crippen LogP contribution in [0.2, 0.25) is 0 Å². The van der Waals surface area contributed by atoms with Gasteiger partial charge in [-0.25, -0.2) is 9.97 Å². The van der Waals surface area contributed by atoms with Gasteiger partial charge in [0.1, 0.15) is 14.3 Å². The number of hydrogen-bond acceptors (Lipinski definition) is 6. The second-order valence-electron chi connectivity index (χ2n) is 15.6. The zero-order valence-electron chi connectivity index (χ0n) is 32.4.